The third kappa shape index (κ3) is 3.90. The van der Waals surface area contributed by atoms with Crippen LogP contribution in [0.2, 0.25) is 0 Å². The zero-order valence-electron chi connectivity index (χ0n) is 11.2. The van der Waals surface area contributed by atoms with Crippen molar-refractivity contribution >= 4 is 5.78 Å². The fraction of sp³-hybridized carbons (Fsp3) is 0.188. The fourth-order valence-corrected chi connectivity index (χ4v) is 1.83. The van der Waals surface area contributed by atoms with Gasteiger partial charge in [-0.1, -0.05) is 24.3 Å². The van der Waals surface area contributed by atoms with Gasteiger partial charge in [-0.25, -0.2) is 4.39 Å². The second-order valence-corrected chi connectivity index (χ2v) is 4.39. The van der Waals surface area contributed by atoms with E-state index in [4.69, 9.17) is 4.74 Å². The minimum atomic E-state index is -0.397. The molecule has 0 atom stereocenters. The molecule has 0 aromatic heterocycles. The molecule has 0 amide bonds. The number of carbonyl (C=O) groups excluding carboxylic acids is 1. The van der Waals surface area contributed by atoms with E-state index in [1.165, 1.54) is 18.2 Å². The highest BCUT2D eigenvalue weighted by atomic mass is 19.1. The first-order valence-electron chi connectivity index (χ1n) is 6.31. The van der Waals surface area contributed by atoms with Gasteiger partial charge in [0.25, 0.3) is 0 Å². The zero-order chi connectivity index (χ0) is 14.4. The van der Waals surface area contributed by atoms with Crippen LogP contribution in [0.25, 0.3) is 0 Å². The fourth-order valence-electron chi connectivity index (χ4n) is 1.83. The van der Waals surface area contributed by atoms with Gasteiger partial charge in [0.15, 0.2) is 5.78 Å². The summed E-state index contributed by atoms with van der Waals surface area (Å²) in [5.74, 6) is 0.272. The van der Waals surface area contributed by atoms with Crippen molar-refractivity contribution in [3.63, 3.8) is 0 Å². The van der Waals surface area contributed by atoms with E-state index in [0.29, 0.717) is 12.1 Å². The van der Waals surface area contributed by atoms with E-state index >= 15 is 0 Å². The van der Waals surface area contributed by atoms with Crippen LogP contribution >= 0.6 is 0 Å². The molecule has 0 heterocycles. The van der Waals surface area contributed by atoms with Crippen LogP contribution in [0, 0.1) is 5.82 Å². The molecule has 104 valence electrons. The number of benzene rings is 2. The first-order valence-corrected chi connectivity index (χ1v) is 6.31. The van der Waals surface area contributed by atoms with Crippen molar-refractivity contribution < 1.29 is 13.9 Å². The lowest BCUT2D eigenvalue weighted by molar-refractivity contribution is 0.0990. The zero-order valence-corrected chi connectivity index (χ0v) is 11.2. The highest BCUT2D eigenvalue weighted by Gasteiger charge is 2.06. The average Bonchev–Trinajstić information content (AvgIpc) is 2.48. The summed E-state index contributed by atoms with van der Waals surface area (Å²) < 4.78 is 18.1. The van der Waals surface area contributed by atoms with Gasteiger partial charge in [0.05, 0.1) is 13.7 Å². The number of carbonyl (C=O) groups is 1. The molecule has 0 saturated heterocycles. The van der Waals surface area contributed by atoms with Gasteiger partial charge >= 0.3 is 0 Å². The summed E-state index contributed by atoms with van der Waals surface area (Å²) in [5, 5.41) is 3.04. The Morgan fingerprint density at radius 1 is 1.20 bits per heavy atom. The van der Waals surface area contributed by atoms with Crippen molar-refractivity contribution in [2.45, 2.75) is 6.54 Å². The van der Waals surface area contributed by atoms with Crippen LogP contribution in [0.3, 0.4) is 0 Å². The second kappa shape index (κ2) is 6.82. The summed E-state index contributed by atoms with van der Waals surface area (Å²) in [5.41, 5.74) is 1.44. The Morgan fingerprint density at radius 2 is 1.95 bits per heavy atom. The van der Waals surface area contributed by atoms with E-state index in [1.54, 1.807) is 13.2 Å². The molecular weight excluding hydrogens is 257 g/mol. The average molecular weight is 273 g/mol. The lowest BCUT2D eigenvalue weighted by Gasteiger charge is -2.06. The Balaban J connectivity index is 1.84. The molecule has 0 aliphatic heterocycles. The van der Waals surface area contributed by atoms with Crippen LogP contribution in [0.5, 0.6) is 5.75 Å². The smallest absolute Gasteiger partial charge is 0.176 e. The SMILES string of the molecule is COc1ccc(CNCC(=O)c2cccc(F)c2)cc1. The van der Waals surface area contributed by atoms with Crippen molar-refractivity contribution in [2.75, 3.05) is 13.7 Å². The number of ketones is 1. The molecule has 0 spiro atoms. The molecule has 0 radical (unpaired) electrons. The molecule has 0 aliphatic carbocycles. The quantitative estimate of drug-likeness (QED) is 0.822. The summed E-state index contributed by atoms with van der Waals surface area (Å²) in [6.07, 6.45) is 0. The van der Waals surface area contributed by atoms with Crippen LogP contribution in [0.4, 0.5) is 4.39 Å². The third-order valence-electron chi connectivity index (χ3n) is 2.92. The van der Waals surface area contributed by atoms with E-state index < -0.39 is 5.82 Å². The van der Waals surface area contributed by atoms with Crippen molar-refractivity contribution in [2.24, 2.45) is 0 Å². The number of nitrogens with one attached hydrogen (secondary N) is 1. The molecule has 1 N–H and O–H groups in total. The minimum Gasteiger partial charge on any atom is -0.497 e. The Hall–Kier alpha value is -2.20. The Kier molecular flexibility index (Phi) is 4.85. The minimum absolute atomic E-state index is 0.127. The maximum atomic E-state index is 13.0. The van der Waals surface area contributed by atoms with Crippen molar-refractivity contribution in [3.05, 3.63) is 65.5 Å². The molecule has 4 heteroatoms. The summed E-state index contributed by atoms with van der Waals surface area (Å²) in [4.78, 5) is 11.8. The topological polar surface area (TPSA) is 38.3 Å². The Labute approximate surface area is 117 Å². The van der Waals surface area contributed by atoms with Gasteiger partial charge in [0, 0.05) is 12.1 Å². The second-order valence-electron chi connectivity index (χ2n) is 4.39. The summed E-state index contributed by atoms with van der Waals surface area (Å²) in [6, 6.07) is 13.3. The first-order chi connectivity index (χ1) is 9.69. The molecule has 2 rings (SSSR count). The summed E-state index contributed by atoms with van der Waals surface area (Å²) in [7, 11) is 1.62. The highest BCUT2D eigenvalue weighted by molar-refractivity contribution is 5.97. The van der Waals surface area contributed by atoms with Gasteiger partial charge in [-0.3, -0.25) is 4.79 Å². The van der Waals surface area contributed by atoms with Crippen molar-refractivity contribution in [3.8, 4) is 5.75 Å². The van der Waals surface area contributed by atoms with E-state index in [2.05, 4.69) is 5.32 Å². The predicted octanol–water partition coefficient (Wildman–Crippen LogP) is 2.81. The van der Waals surface area contributed by atoms with Gasteiger partial charge in [-0.05, 0) is 29.8 Å². The summed E-state index contributed by atoms with van der Waals surface area (Å²) >= 11 is 0. The normalized spacial score (nSPS) is 10.3. The predicted molar refractivity (Wildman–Crippen MR) is 75.4 cm³/mol. The number of hydrogen-bond donors (Lipinski definition) is 1. The monoisotopic (exact) mass is 273 g/mol. The Bertz CT molecular complexity index is 581. The number of methoxy groups -OCH3 is 1. The number of ether oxygens (including phenoxy) is 1. The summed E-state index contributed by atoms with van der Waals surface area (Å²) in [6.45, 7) is 0.751. The van der Waals surface area contributed by atoms with Gasteiger partial charge in [-0.15, -0.1) is 0 Å². The molecule has 0 saturated carbocycles. The molecule has 0 fully saturated rings. The number of halogens is 1. The van der Waals surface area contributed by atoms with E-state index in [9.17, 15) is 9.18 Å². The standard InChI is InChI=1S/C16H16FNO2/c1-20-15-7-5-12(6-8-15)10-18-11-16(19)13-3-2-4-14(17)9-13/h2-9,18H,10-11H2,1H3. The molecule has 0 bridgehead atoms. The van der Waals surface area contributed by atoms with Crippen LogP contribution in [0.15, 0.2) is 48.5 Å². The molecule has 2 aromatic carbocycles. The van der Waals surface area contributed by atoms with Crippen LogP contribution < -0.4 is 10.1 Å². The van der Waals surface area contributed by atoms with Crippen LogP contribution in [0.1, 0.15) is 15.9 Å². The number of Topliss-reactive ketones (excluding diaryl/α,β-unsaturated/α-hetero) is 1. The van der Waals surface area contributed by atoms with E-state index in [0.717, 1.165) is 11.3 Å². The van der Waals surface area contributed by atoms with E-state index in [-0.39, 0.29) is 12.3 Å². The van der Waals surface area contributed by atoms with Gasteiger partial charge < -0.3 is 10.1 Å². The number of rotatable bonds is 6. The van der Waals surface area contributed by atoms with Crippen molar-refractivity contribution in [1.82, 2.24) is 5.32 Å². The Morgan fingerprint density at radius 3 is 2.60 bits per heavy atom. The van der Waals surface area contributed by atoms with Gasteiger partial charge in [0.1, 0.15) is 11.6 Å². The molecule has 20 heavy (non-hydrogen) atoms. The maximum Gasteiger partial charge on any atom is 0.176 e. The van der Waals surface area contributed by atoms with Crippen LogP contribution in [-0.4, -0.2) is 19.4 Å². The number of hydrogen-bond acceptors (Lipinski definition) is 3. The molecule has 2 aromatic rings. The highest BCUT2D eigenvalue weighted by Crippen LogP contribution is 2.11. The first kappa shape index (κ1) is 14.2. The molecule has 0 unspecified atom stereocenters. The largest absolute Gasteiger partial charge is 0.497 e. The molecule has 0 aliphatic rings. The van der Waals surface area contributed by atoms with E-state index in [1.807, 2.05) is 24.3 Å². The van der Waals surface area contributed by atoms with Gasteiger partial charge in [0.2, 0.25) is 0 Å². The lowest BCUT2D eigenvalue weighted by atomic mass is 10.1. The van der Waals surface area contributed by atoms with Gasteiger partial charge in [-0.2, -0.15) is 0 Å². The molecular formula is C16H16FNO2. The molecule has 3 nitrogen and oxygen atoms in total. The van der Waals surface area contributed by atoms with Crippen molar-refractivity contribution in [1.29, 1.82) is 0 Å². The van der Waals surface area contributed by atoms with Crippen LogP contribution in [-0.2, 0) is 6.54 Å². The lowest BCUT2D eigenvalue weighted by Crippen LogP contribution is -2.22. The maximum absolute atomic E-state index is 13.0. The third-order valence-corrected chi connectivity index (χ3v) is 2.92.